The lowest BCUT2D eigenvalue weighted by molar-refractivity contribution is 0.395. The maximum Gasteiger partial charge on any atom is 0.226 e. The van der Waals surface area contributed by atoms with Crippen molar-refractivity contribution in [2.75, 3.05) is 19.5 Å². The lowest BCUT2D eigenvalue weighted by Crippen LogP contribution is -1.99. The Morgan fingerprint density at radius 3 is 2.81 bits per heavy atom. The Kier molecular flexibility index (Phi) is 3.49. The number of hydrogen-bond donors (Lipinski definition) is 2. The smallest absolute Gasteiger partial charge is 0.226 e. The first kappa shape index (κ1) is 13.4. The third kappa shape index (κ3) is 2.55. The molecule has 0 spiro atoms. The van der Waals surface area contributed by atoms with Gasteiger partial charge in [0, 0.05) is 6.07 Å². The van der Waals surface area contributed by atoms with Crippen LogP contribution in [0.25, 0.3) is 11.2 Å². The summed E-state index contributed by atoms with van der Waals surface area (Å²) in [5, 5.41) is 3.27. The molecule has 21 heavy (non-hydrogen) atoms. The third-order valence-corrected chi connectivity index (χ3v) is 3.09. The summed E-state index contributed by atoms with van der Waals surface area (Å²) in [4.78, 5) is 15.2. The maximum atomic E-state index is 5.90. The molecule has 0 aliphatic rings. The largest absolute Gasteiger partial charge is 0.497 e. The molecule has 7 nitrogen and oxygen atoms in total. The van der Waals surface area contributed by atoms with Gasteiger partial charge in [0.2, 0.25) is 5.28 Å². The number of nitrogens with zero attached hydrogens (tertiary/aromatic N) is 3. The topological polar surface area (TPSA) is 85.0 Å². The molecular formula is C13H12ClN5O2. The molecule has 0 aliphatic heterocycles. The standard InChI is InChI=1S/C13H12ClN5O2/c1-20-7-3-4-8(9(5-7)21-2)17-12-10-11(16-6-15-10)18-13(14)19-12/h3-6H,1-2H3,(H2,15,16,17,18,19). The second-order valence-corrected chi connectivity index (χ2v) is 4.47. The number of hydrogen-bond acceptors (Lipinski definition) is 6. The molecule has 3 aromatic rings. The van der Waals surface area contributed by atoms with E-state index in [0.29, 0.717) is 28.5 Å². The Morgan fingerprint density at radius 2 is 2.05 bits per heavy atom. The van der Waals surface area contributed by atoms with Crippen LogP contribution >= 0.6 is 11.6 Å². The first-order valence-corrected chi connectivity index (χ1v) is 6.44. The SMILES string of the molecule is COc1ccc(Nc2nc(Cl)nc3nc[nH]c23)c(OC)c1. The van der Waals surface area contributed by atoms with E-state index in [1.54, 1.807) is 20.3 Å². The fourth-order valence-electron chi connectivity index (χ4n) is 1.93. The summed E-state index contributed by atoms with van der Waals surface area (Å²) in [6.07, 6.45) is 1.53. The summed E-state index contributed by atoms with van der Waals surface area (Å²) in [6.45, 7) is 0. The molecule has 8 heteroatoms. The molecule has 0 radical (unpaired) electrons. The van der Waals surface area contributed by atoms with Crippen molar-refractivity contribution in [3.05, 3.63) is 29.8 Å². The van der Waals surface area contributed by atoms with E-state index in [4.69, 9.17) is 21.1 Å². The predicted molar refractivity (Wildman–Crippen MR) is 79.5 cm³/mol. The van der Waals surface area contributed by atoms with Crippen molar-refractivity contribution in [3.8, 4) is 11.5 Å². The number of nitrogens with one attached hydrogen (secondary N) is 2. The van der Waals surface area contributed by atoms with E-state index in [2.05, 4.69) is 25.3 Å². The number of halogens is 1. The molecular weight excluding hydrogens is 294 g/mol. The average molecular weight is 306 g/mol. The summed E-state index contributed by atoms with van der Waals surface area (Å²) < 4.78 is 10.5. The van der Waals surface area contributed by atoms with Gasteiger partial charge in [0.05, 0.1) is 26.2 Å². The second-order valence-electron chi connectivity index (χ2n) is 4.13. The van der Waals surface area contributed by atoms with Crippen LogP contribution in [0.15, 0.2) is 24.5 Å². The fourth-order valence-corrected chi connectivity index (χ4v) is 2.09. The number of anilines is 2. The fraction of sp³-hybridized carbons (Fsp3) is 0.154. The Balaban J connectivity index is 2.04. The second kappa shape index (κ2) is 5.45. The predicted octanol–water partition coefficient (Wildman–Crippen LogP) is 2.77. The number of benzene rings is 1. The number of rotatable bonds is 4. The Morgan fingerprint density at radius 1 is 1.19 bits per heavy atom. The molecule has 2 aromatic heterocycles. The van der Waals surface area contributed by atoms with Gasteiger partial charge >= 0.3 is 0 Å². The van der Waals surface area contributed by atoms with E-state index >= 15 is 0 Å². The number of H-pyrrole nitrogens is 1. The lowest BCUT2D eigenvalue weighted by atomic mass is 10.2. The number of ether oxygens (including phenoxy) is 2. The first-order valence-electron chi connectivity index (χ1n) is 6.07. The minimum absolute atomic E-state index is 0.115. The van der Waals surface area contributed by atoms with Crippen molar-refractivity contribution in [2.45, 2.75) is 0 Å². The van der Waals surface area contributed by atoms with E-state index in [9.17, 15) is 0 Å². The van der Waals surface area contributed by atoms with Crippen LogP contribution in [-0.4, -0.2) is 34.2 Å². The van der Waals surface area contributed by atoms with Crippen LogP contribution in [0.3, 0.4) is 0 Å². The van der Waals surface area contributed by atoms with Gasteiger partial charge in [0.1, 0.15) is 17.0 Å². The van der Waals surface area contributed by atoms with Crippen LogP contribution in [-0.2, 0) is 0 Å². The Hall–Kier alpha value is -2.54. The quantitative estimate of drug-likeness (QED) is 0.721. The molecule has 0 unspecified atom stereocenters. The van der Waals surface area contributed by atoms with E-state index in [1.807, 2.05) is 12.1 Å². The minimum Gasteiger partial charge on any atom is -0.497 e. The molecule has 0 saturated heterocycles. The van der Waals surface area contributed by atoms with Gasteiger partial charge in [-0.3, -0.25) is 0 Å². The molecule has 3 rings (SSSR count). The first-order chi connectivity index (χ1) is 10.2. The molecule has 0 atom stereocenters. The molecule has 0 aliphatic carbocycles. The summed E-state index contributed by atoms with van der Waals surface area (Å²) in [7, 11) is 3.18. The zero-order valence-corrected chi connectivity index (χ0v) is 12.1. The average Bonchev–Trinajstić information content (AvgIpc) is 2.96. The summed E-state index contributed by atoms with van der Waals surface area (Å²) in [5.41, 5.74) is 1.88. The van der Waals surface area contributed by atoms with Gasteiger partial charge in [-0.05, 0) is 23.7 Å². The van der Waals surface area contributed by atoms with Crippen LogP contribution in [0.4, 0.5) is 11.5 Å². The highest BCUT2D eigenvalue weighted by molar-refractivity contribution is 6.28. The molecule has 0 amide bonds. The van der Waals surface area contributed by atoms with Gasteiger partial charge in [-0.1, -0.05) is 0 Å². The van der Waals surface area contributed by atoms with Gasteiger partial charge in [-0.2, -0.15) is 9.97 Å². The number of fused-ring (bicyclic) bond motifs is 1. The zero-order chi connectivity index (χ0) is 14.8. The lowest BCUT2D eigenvalue weighted by Gasteiger charge is -2.12. The van der Waals surface area contributed by atoms with Gasteiger partial charge < -0.3 is 19.8 Å². The zero-order valence-electron chi connectivity index (χ0n) is 11.3. The maximum absolute atomic E-state index is 5.90. The number of imidazole rings is 1. The van der Waals surface area contributed by atoms with E-state index < -0.39 is 0 Å². The van der Waals surface area contributed by atoms with Crippen LogP contribution in [0.2, 0.25) is 5.28 Å². The normalized spacial score (nSPS) is 10.6. The van der Waals surface area contributed by atoms with Crippen LogP contribution in [0.5, 0.6) is 11.5 Å². The van der Waals surface area contributed by atoms with Crippen molar-refractivity contribution >= 4 is 34.3 Å². The van der Waals surface area contributed by atoms with Gasteiger partial charge in [0.15, 0.2) is 11.5 Å². The molecule has 0 fully saturated rings. The number of aromatic amines is 1. The van der Waals surface area contributed by atoms with Gasteiger partial charge in [-0.15, -0.1) is 0 Å². The van der Waals surface area contributed by atoms with Crippen LogP contribution < -0.4 is 14.8 Å². The van der Waals surface area contributed by atoms with Crippen molar-refractivity contribution in [1.82, 2.24) is 19.9 Å². The summed E-state index contributed by atoms with van der Waals surface area (Å²) >= 11 is 5.90. The minimum atomic E-state index is 0.115. The van der Waals surface area contributed by atoms with Crippen molar-refractivity contribution in [2.24, 2.45) is 0 Å². The molecule has 1 aromatic carbocycles. The summed E-state index contributed by atoms with van der Waals surface area (Å²) in [6, 6.07) is 5.42. The highest BCUT2D eigenvalue weighted by Crippen LogP contribution is 2.32. The summed E-state index contributed by atoms with van der Waals surface area (Å²) in [5.74, 6) is 1.84. The van der Waals surface area contributed by atoms with E-state index in [0.717, 1.165) is 5.69 Å². The number of aromatic nitrogens is 4. The molecule has 2 N–H and O–H groups in total. The van der Waals surface area contributed by atoms with Crippen LogP contribution in [0.1, 0.15) is 0 Å². The Labute approximate surface area is 125 Å². The van der Waals surface area contributed by atoms with E-state index in [1.165, 1.54) is 6.33 Å². The molecule has 2 heterocycles. The van der Waals surface area contributed by atoms with Crippen LogP contribution in [0, 0.1) is 0 Å². The molecule has 0 bridgehead atoms. The highest BCUT2D eigenvalue weighted by atomic mass is 35.5. The third-order valence-electron chi connectivity index (χ3n) is 2.92. The Bertz CT molecular complexity index is 789. The van der Waals surface area contributed by atoms with Crippen molar-refractivity contribution in [1.29, 1.82) is 0 Å². The number of methoxy groups -OCH3 is 2. The monoisotopic (exact) mass is 305 g/mol. The van der Waals surface area contributed by atoms with E-state index in [-0.39, 0.29) is 5.28 Å². The van der Waals surface area contributed by atoms with Crippen molar-refractivity contribution in [3.63, 3.8) is 0 Å². The molecule has 0 saturated carbocycles. The van der Waals surface area contributed by atoms with Gasteiger partial charge in [0.25, 0.3) is 0 Å². The molecule has 108 valence electrons. The van der Waals surface area contributed by atoms with Crippen molar-refractivity contribution < 1.29 is 9.47 Å². The van der Waals surface area contributed by atoms with Gasteiger partial charge in [-0.25, -0.2) is 4.98 Å². The highest BCUT2D eigenvalue weighted by Gasteiger charge is 2.12.